The van der Waals surface area contributed by atoms with Crippen LogP contribution in [0.2, 0.25) is 0 Å². The molecule has 1 atom stereocenters. The first-order valence-corrected chi connectivity index (χ1v) is 5.55. The van der Waals surface area contributed by atoms with Crippen molar-refractivity contribution in [2.24, 2.45) is 11.7 Å². The molecule has 0 aliphatic heterocycles. The summed E-state index contributed by atoms with van der Waals surface area (Å²) < 4.78 is 0. The Bertz CT molecular complexity index is 352. The van der Waals surface area contributed by atoms with E-state index >= 15 is 0 Å². The minimum Gasteiger partial charge on any atom is -0.324 e. The fourth-order valence-electron chi connectivity index (χ4n) is 1.68. The van der Waals surface area contributed by atoms with Gasteiger partial charge in [-0.05, 0) is 24.3 Å². The average molecular weight is 249 g/mol. The fourth-order valence-corrected chi connectivity index (χ4v) is 2.45. The Morgan fingerprint density at radius 1 is 1.60 bits per heavy atom. The lowest BCUT2D eigenvalue weighted by atomic mass is 9.78. The van der Waals surface area contributed by atoms with Crippen LogP contribution in [0.25, 0.3) is 0 Å². The number of rotatable bonds is 3. The molecule has 1 heterocycles. The highest BCUT2D eigenvalue weighted by atomic mass is 35.5. The summed E-state index contributed by atoms with van der Waals surface area (Å²) in [7, 11) is 0. The third-order valence-corrected chi connectivity index (χ3v) is 3.73. The van der Waals surface area contributed by atoms with Gasteiger partial charge in [0.25, 0.3) is 0 Å². The van der Waals surface area contributed by atoms with E-state index in [0.717, 1.165) is 29.7 Å². The SMILES string of the molecule is Cl.N[C@H](c1csc([N+](=O)[O-])c1)C1CCC1. The van der Waals surface area contributed by atoms with Crippen molar-refractivity contribution in [1.82, 2.24) is 0 Å². The lowest BCUT2D eigenvalue weighted by molar-refractivity contribution is -0.380. The molecular formula is C9H13ClN2O2S. The molecular weight excluding hydrogens is 236 g/mol. The largest absolute Gasteiger partial charge is 0.324 e. The van der Waals surface area contributed by atoms with Gasteiger partial charge in [0.1, 0.15) is 0 Å². The number of thiophene rings is 1. The number of nitrogens with zero attached hydrogens (tertiary/aromatic N) is 1. The Kier molecular flexibility index (Phi) is 4.07. The predicted octanol–water partition coefficient (Wildman–Crippen LogP) is 2.88. The summed E-state index contributed by atoms with van der Waals surface area (Å²) >= 11 is 1.16. The highest BCUT2D eigenvalue weighted by Gasteiger charge is 2.27. The smallest absolute Gasteiger partial charge is 0.324 e. The Hall–Kier alpha value is -0.650. The van der Waals surface area contributed by atoms with E-state index < -0.39 is 0 Å². The second kappa shape index (κ2) is 4.92. The maximum absolute atomic E-state index is 10.5. The van der Waals surface area contributed by atoms with Crippen molar-refractivity contribution in [3.63, 3.8) is 0 Å². The summed E-state index contributed by atoms with van der Waals surface area (Å²) in [6, 6.07) is 1.60. The van der Waals surface area contributed by atoms with E-state index in [-0.39, 0.29) is 28.4 Å². The fraction of sp³-hybridized carbons (Fsp3) is 0.556. The molecule has 4 nitrogen and oxygen atoms in total. The highest BCUT2D eigenvalue weighted by molar-refractivity contribution is 7.13. The van der Waals surface area contributed by atoms with Crippen molar-refractivity contribution in [2.75, 3.05) is 0 Å². The molecule has 1 aromatic heterocycles. The molecule has 84 valence electrons. The minimum atomic E-state index is -0.359. The molecule has 2 N–H and O–H groups in total. The first kappa shape index (κ1) is 12.4. The number of nitro groups is 1. The summed E-state index contributed by atoms with van der Waals surface area (Å²) in [5.41, 5.74) is 6.92. The van der Waals surface area contributed by atoms with Gasteiger partial charge in [-0.25, -0.2) is 0 Å². The van der Waals surface area contributed by atoms with E-state index in [4.69, 9.17) is 5.73 Å². The van der Waals surface area contributed by atoms with Crippen LogP contribution < -0.4 is 5.73 Å². The molecule has 0 bridgehead atoms. The van der Waals surface area contributed by atoms with Gasteiger partial charge in [0.2, 0.25) is 0 Å². The van der Waals surface area contributed by atoms with Crippen molar-refractivity contribution in [1.29, 1.82) is 0 Å². The van der Waals surface area contributed by atoms with Crippen LogP contribution in [0.5, 0.6) is 0 Å². The lowest BCUT2D eigenvalue weighted by Gasteiger charge is -2.30. The van der Waals surface area contributed by atoms with Gasteiger partial charge >= 0.3 is 5.00 Å². The van der Waals surface area contributed by atoms with Gasteiger partial charge in [0.15, 0.2) is 0 Å². The first-order valence-electron chi connectivity index (χ1n) is 4.67. The van der Waals surface area contributed by atoms with Crippen molar-refractivity contribution < 1.29 is 4.92 Å². The number of halogens is 1. The molecule has 0 amide bonds. The van der Waals surface area contributed by atoms with Crippen LogP contribution in [0, 0.1) is 16.0 Å². The van der Waals surface area contributed by atoms with Crippen molar-refractivity contribution >= 4 is 28.7 Å². The highest BCUT2D eigenvalue weighted by Crippen LogP contribution is 2.38. The second-order valence-corrected chi connectivity index (χ2v) is 4.58. The average Bonchev–Trinajstić information content (AvgIpc) is 2.48. The van der Waals surface area contributed by atoms with Crippen molar-refractivity contribution in [2.45, 2.75) is 25.3 Å². The Morgan fingerprint density at radius 3 is 2.67 bits per heavy atom. The number of hydrogen-bond donors (Lipinski definition) is 1. The Balaban J connectivity index is 0.00000112. The minimum absolute atomic E-state index is 0. The monoisotopic (exact) mass is 248 g/mol. The standard InChI is InChI=1S/C9H12N2O2S.ClH/c10-9(6-2-1-3-6)7-4-8(11(12)13)14-5-7;/h4-6,9H,1-3,10H2;1H/t9-;/m0./s1. The molecule has 0 unspecified atom stereocenters. The maximum atomic E-state index is 10.5. The van der Waals surface area contributed by atoms with E-state index in [1.54, 1.807) is 11.4 Å². The zero-order valence-electron chi connectivity index (χ0n) is 8.09. The number of nitrogens with two attached hydrogens (primary N) is 1. The molecule has 1 aliphatic rings. The third kappa shape index (κ3) is 2.48. The van der Waals surface area contributed by atoms with Crippen LogP contribution in [0.15, 0.2) is 11.4 Å². The zero-order valence-corrected chi connectivity index (χ0v) is 9.72. The van der Waals surface area contributed by atoms with Gasteiger partial charge in [-0.2, -0.15) is 0 Å². The van der Waals surface area contributed by atoms with Crippen LogP contribution in [0.4, 0.5) is 5.00 Å². The first-order chi connectivity index (χ1) is 6.68. The van der Waals surface area contributed by atoms with Crippen molar-refractivity contribution in [3.8, 4) is 0 Å². The zero-order chi connectivity index (χ0) is 10.1. The molecule has 0 spiro atoms. The van der Waals surface area contributed by atoms with Crippen LogP contribution in [0.1, 0.15) is 30.9 Å². The Labute approximate surface area is 98.0 Å². The normalized spacial score (nSPS) is 17.7. The lowest BCUT2D eigenvalue weighted by Crippen LogP contribution is -2.26. The quantitative estimate of drug-likeness (QED) is 0.661. The number of hydrogen-bond acceptors (Lipinski definition) is 4. The predicted molar refractivity (Wildman–Crippen MR) is 62.5 cm³/mol. The molecule has 15 heavy (non-hydrogen) atoms. The molecule has 0 radical (unpaired) electrons. The van der Waals surface area contributed by atoms with Gasteiger partial charge in [-0.15, -0.1) is 12.4 Å². The molecule has 6 heteroatoms. The van der Waals surface area contributed by atoms with E-state index in [1.807, 2.05) is 0 Å². The van der Waals surface area contributed by atoms with E-state index in [9.17, 15) is 10.1 Å². The molecule has 1 saturated carbocycles. The summed E-state index contributed by atoms with van der Waals surface area (Å²) in [5.74, 6) is 0.532. The van der Waals surface area contributed by atoms with Gasteiger partial charge in [0, 0.05) is 17.5 Å². The third-order valence-electron chi connectivity index (χ3n) is 2.83. The summed E-state index contributed by atoms with van der Waals surface area (Å²) in [6.45, 7) is 0. The van der Waals surface area contributed by atoms with Crippen LogP contribution in [0.3, 0.4) is 0 Å². The summed E-state index contributed by atoms with van der Waals surface area (Å²) in [6.07, 6.45) is 3.56. The van der Waals surface area contributed by atoms with E-state index in [1.165, 1.54) is 6.42 Å². The summed E-state index contributed by atoms with van der Waals surface area (Å²) in [5, 5.41) is 12.5. The van der Waals surface area contributed by atoms with Gasteiger partial charge in [0.05, 0.1) is 4.92 Å². The Morgan fingerprint density at radius 2 is 2.27 bits per heavy atom. The topological polar surface area (TPSA) is 69.2 Å². The van der Waals surface area contributed by atoms with E-state index in [0.29, 0.717) is 5.92 Å². The molecule has 1 fully saturated rings. The van der Waals surface area contributed by atoms with Gasteiger partial charge in [-0.3, -0.25) is 10.1 Å². The molecule has 2 rings (SSSR count). The molecule has 0 aromatic carbocycles. The van der Waals surface area contributed by atoms with E-state index in [2.05, 4.69) is 0 Å². The van der Waals surface area contributed by atoms with Gasteiger partial charge in [-0.1, -0.05) is 17.8 Å². The van der Waals surface area contributed by atoms with Crippen LogP contribution >= 0.6 is 23.7 Å². The van der Waals surface area contributed by atoms with Crippen molar-refractivity contribution in [3.05, 3.63) is 27.1 Å². The maximum Gasteiger partial charge on any atom is 0.324 e. The van der Waals surface area contributed by atoms with Gasteiger partial charge < -0.3 is 5.73 Å². The molecule has 0 saturated heterocycles. The summed E-state index contributed by atoms with van der Waals surface area (Å²) in [4.78, 5) is 10.1. The van der Waals surface area contributed by atoms with Crippen LogP contribution in [-0.2, 0) is 0 Å². The second-order valence-electron chi connectivity index (χ2n) is 3.69. The molecule has 1 aromatic rings. The molecule has 1 aliphatic carbocycles. The van der Waals surface area contributed by atoms with Crippen LogP contribution in [-0.4, -0.2) is 4.92 Å².